The number of nitrogens with zero attached hydrogens (tertiary/aromatic N) is 1. The second-order valence-electron chi connectivity index (χ2n) is 2.93. The summed E-state index contributed by atoms with van der Waals surface area (Å²) in [7, 11) is 0. The van der Waals surface area contributed by atoms with Gasteiger partial charge in [0.2, 0.25) is 0 Å². The molecule has 0 aliphatic heterocycles. The van der Waals surface area contributed by atoms with Gasteiger partial charge in [-0.05, 0) is 18.1 Å². The van der Waals surface area contributed by atoms with Crippen LogP contribution >= 0.6 is 0 Å². The van der Waals surface area contributed by atoms with Crippen LogP contribution in [0.1, 0.15) is 5.56 Å². The summed E-state index contributed by atoms with van der Waals surface area (Å²) in [6, 6.07) is 10.1. The number of rotatable bonds is 2. The summed E-state index contributed by atoms with van der Waals surface area (Å²) in [4.78, 5) is 4.32. The monoisotopic (exact) mass is 168 g/mol. The van der Waals surface area contributed by atoms with Gasteiger partial charge in [0.15, 0.2) is 0 Å². The Morgan fingerprint density at radius 1 is 1.23 bits per heavy atom. The SMILES string of the molecule is [CH]=CCc1cccc2cccnc12. The largest absolute Gasteiger partial charge is 0.256 e. The summed E-state index contributed by atoms with van der Waals surface area (Å²) in [5.74, 6) is 0. The summed E-state index contributed by atoms with van der Waals surface area (Å²) in [5.41, 5.74) is 2.23. The molecule has 0 saturated heterocycles. The molecule has 2 aromatic rings. The van der Waals surface area contributed by atoms with Gasteiger partial charge in [-0.2, -0.15) is 0 Å². The number of para-hydroxylation sites is 1. The van der Waals surface area contributed by atoms with E-state index in [-0.39, 0.29) is 0 Å². The molecule has 13 heavy (non-hydrogen) atoms. The van der Waals surface area contributed by atoms with E-state index in [1.54, 1.807) is 6.08 Å². The van der Waals surface area contributed by atoms with Crippen molar-refractivity contribution in [3.63, 3.8) is 0 Å². The zero-order chi connectivity index (χ0) is 9.10. The number of fused-ring (bicyclic) bond motifs is 1. The second-order valence-corrected chi connectivity index (χ2v) is 2.93. The number of benzene rings is 1. The standard InChI is InChI=1S/C12H10N/c1-2-5-10-6-3-7-11-8-4-9-13-12(10)11/h1-4,6-9H,5H2. The first-order chi connectivity index (χ1) is 6.42. The maximum atomic E-state index is 5.40. The summed E-state index contributed by atoms with van der Waals surface area (Å²) < 4.78 is 0. The molecule has 0 aliphatic rings. The number of aromatic nitrogens is 1. The molecule has 0 amide bonds. The minimum Gasteiger partial charge on any atom is -0.256 e. The topological polar surface area (TPSA) is 12.9 Å². The van der Waals surface area contributed by atoms with E-state index in [0.29, 0.717) is 0 Å². The van der Waals surface area contributed by atoms with E-state index in [0.717, 1.165) is 11.9 Å². The lowest BCUT2D eigenvalue weighted by atomic mass is 10.1. The minimum atomic E-state index is 0.772. The fourth-order valence-electron chi connectivity index (χ4n) is 1.46. The molecule has 1 aromatic carbocycles. The third-order valence-corrected chi connectivity index (χ3v) is 2.05. The molecule has 0 bridgehead atoms. The van der Waals surface area contributed by atoms with Crippen LogP contribution in [0, 0.1) is 6.58 Å². The molecule has 63 valence electrons. The predicted octanol–water partition coefficient (Wildman–Crippen LogP) is 2.77. The average Bonchev–Trinajstić information content (AvgIpc) is 2.19. The van der Waals surface area contributed by atoms with Crippen LogP contribution in [-0.4, -0.2) is 4.98 Å². The van der Waals surface area contributed by atoms with Crippen molar-refractivity contribution >= 4 is 10.9 Å². The number of hydrogen-bond donors (Lipinski definition) is 0. The molecule has 0 unspecified atom stereocenters. The van der Waals surface area contributed by atoms with Crippen LogP contribution in [0.5, 0.6) is 0 Å². The Bertz CT molecular complexity index is 427. The summed E-state index contributed by atoms with van der Waals surface area (Å²) >= 11 is 0. The molecule has 0 atom stereocenters. The van der Waals surface area contributed by atoms with Crippen molar-refractivity contribution < 1.29 is 0 Å². The first kappa shape index (κ1) is 7.99. The third kappa shape index (κ3) is 1.45. The molecule has 0 aliphatic carbocycles. The van der Waals surface area contributed by atoms with Gasteiger partial charge in [-0.1, -0.05) is 36.9 Å². The summed E-state index contributed by atoms with van der Waals surface area (Å²) in [6.07, 6.45) is 4.24. The highest BCUT2D eigenvalue weighted by Gasteiger charge is 1.98. The van der Waals surface area contributed by atoms with Crippen molar-refractivity contribution in [3.8, 4) is 0 Å². The van der Waals surface area contributed by atoms with E-state index in [4.69, 9.17) is 6.58 Å². The van der Waals surface area contributed by atoms with E-state index >= 15 is 0 Å². The van der Waals surface area contributed by atoms with Crippen LogP contribution in [0.3, 0.4) is 0 Å². The van der Waals surface area contributed by atoms with Gasteiger partial charge < -0.3 is 0 Å². The lowest BCUT2D eigenvalue weighted by Gasteiger charge is -2.01. The first-order valence-electron chi connectivity index (χ1n) is 4.28. The Morgan fingerprint density at radius 2 is 2.08 bits per heavy atom. The molecule has 0 fully saturated rings. The maximum absolute atomic E-state index is 5.40. The first-order valence-corrected chi connectivity index (χ1v) is 4.28. The highest BCUT2D eigenvalue weighted by molar-refractivity contribution is 5.81. The minimum absolute atomic E-state index is 0.772. The molecule has 1 radical (unpaired) electrons. The van der Waals surface area contributed by atoms with Gasteiger partial charge in [0, 0.05) is 11.6 Å². The maximum Gasteiger partial charge on any atom is 0.0737 e. The molecular formula is C12H10N. The normalized spacial score (nSPS) is 10.2. The Morgan fingerprint density at radius 3 is 2.92 bits per heavy atom. The van der Waals surface area contributed by atoms with Crippen molar-refractivity contribution in [1.29, 1.82) is 0 Å². The van der Waals surface area contributed by atoms with Crippen molar-refractivity contribution in [2.75, 3.05) is 0 Å². The van der Waals surface area contributed by atoms with Crippen LogP contribution in [-0.2, 0) is 6.42 Å². The van der Waals surface area contributed by atoms with Crippen molar-refractivity contribution in [2.24, 2.45) is 0 Å². The van der Waals surface area contributed by atoms with Gasteiger partial charge in [-0.15, -0.1) is 0 Å². The average molecular weight is 168 g/mol. The van der Waals surface area contributed by atoms with Crippen LogP contribution in [0.15, 0.2) is 42.6 Å². The van der Waals surface area contributed by atoms with Crippen LogP contribution in [0.4, 0.5) is 0 Å². The molecule has 1 aromatic heterocycles. The molecule has 1 nitrogen and oxygen atoms in total. The lowest BCUT2D eigenvalue weighted by molar-refractivity contribution is 1.26. The predicted molar refractivity (Wildman–Crippen MR) is 54.3 cm³/mol. The lowest BCUT2D eigenvalue weighted by Crippen LogP contribution is -1.86. The molecule has 1 heterocycles. The molecule has 1 heteroatoms. The second kappa shape index (κ2) is 3.40. The highest BCUT2D eigenvalue weighted by Crippen LogP contribution is 2.16. The Labute approximate surface area is 77.7 Å². The Kier molecular flexibility index (Phi) is 2.09. The highest BCUT2D eigenvalue weighted by atomic mass is 14.6. The number of hydrogen-bond acceptors (Lipinski definition) is 1. The zero-order valence-corrected chi connectivity index (χ0v) is 7.27. The molecule has 2 rings (SSSR count). The van der Waals surface area contributed by atoms with E-state index in [1.807, 2.05) is 18.3 Å². The fourth-order valence-corrected chi connectivity index (χ4v) is 1.46. The van der Waals surface area contributed by atoms with E-state index in [9.17, 15) is 0 Å². The van der Waals surface area contributed by atoms with Gasteiger partial charge in [0.25, 0.3) is 0 Å². The number of allylic oxidation sites excluding steroid dienone is 1. The Balaban J connectivity index is 2.68. The zero-order valence-electron chi connectivity index (χ0n) is 7.27. The summed E-state index contributed by atoms with van der Waals surface area (Å²) in [6.45, 7) is 5.40. The quantitative estimate of drug-likeness (QED) is 0.672. The molecule has 0 saturated carbocycles. The number of pyridine rings is 1. The fraction of sp³-hybridized carbons (Fsp3) is 0.0833. The van der Waals surface area contributed by atoms with E-state index in [1.165, 1.54) is 10.9 Å². The molecule has 0 N–H and O–H groups in total. The van der Waals surface area contributed by atoms with Crippen molar-refractivity contribution in [2.45, 2.75) is 6.42 Å². The van der Waals surface area contributed by atoms with Gasteiger partial charge in [-0.3, -0.25) is 4.98 Å². The Hall–Kier alpha value is -1.63. The van der Waals surface area contributed by atoms with Crippen LogP contribution < -0.4 is 0 Å². The molecular weight excluding hydrogens is 158 g/mol. The summed E-state index contributed by atoms with van der Waals surface area (Å²) in [5, 5.41) is 1.17. The molecule has 0 spiro atoms. The van der Waals surface area contributed by atoms with Gasteiger partial charge in [0.1, 0.15) is 0 Å². The van der Waals surface area contributed by atoms with Crippen LogP contribution in [0.2, 0.25) is 0 Å². The van der Waals surface area contributed by atoms with Gasteiger partial charge >= 0.3 is 0 Å². The van der Waals surface area contributed by atoms with Crippen molar-refractivity contribution in [3.05, 3.63) is 54.7 Å². The third-order valence-electron chi connectivity index (χ3n) is 2.05. The van der Waals surface area contributed by atoms with Crippen LogP contribution in [0.25, 0.3) is 10.9 Å². The van der Waals surface area contributed by atoms with E-state index < -0.39 is 0 Å². The van der Waals surface area contributed by atoms with Gasteiger partial charge in [-0.25, -0.2) is 0 Å². The van der Waals surface area contributed by atoms with Crippen molar-refractivity contribution in [1.82, 2.24) is 4.98 Å². The smallest absolute Gasteiger partial charge is 0.0737 e. The van der Waals surface area contributed by atoms with E-state index in [2.05, 4.69) is 23.2 Å². The van der Waals surface area contributed by atoms with Gasteiger partial charge in [0.05, 0.1) is 5.52 Å².